The van der Waals surface area contributed by atoms with Crippen LogP contribution in [0.1, 0.15) is 0 Å². The third-order valence-corrected chi connectivity index (χ3v) is 2.82. The molecule has 0 bridgehead atoms. The van der Waals surface area contributed by atoms with Gasteiger partial charge in [-0.25, -0.2) is 14.0 Å². The van der Waals surface area contributed by atoms with E-state index < -0.39 is 17.8 Å². The van der Waals surface area contributed by atoms with E-state index in [1.165, 1.54) is 24.3 Å². The van der Waals surface area contributed by atoms with Gasteiger partial charge in [0.1, 0.15) is 17.3 Å². The Morgan fingerprint density at radius 2 is 1.74 bits per heavy atom. The zero-order valence-electron chi connectivity index (χ0n) is 11.9. The van der Waals surface area contributed by atoms with Crippen molar-refractivity contribution in [1.82, 2.24) is 0 Å². The first-order chi connectivity index (χ1) is 11.0. The Hall–Kier alpha value is -3.39. The van der Waals surface area contributed by atoms with Gasteiger partial charge in [-0.2, -0.15) is 0 Å². The summed E-state index contributed by atoms with van der Waals surface area (Å²) in [4.78, 5) is 22.1. The number of halogens is 1. The molecule has 0 spiro atoms. The molecule has 0 heterocycles. The minimum atomic E-state index is -0.898. The van der Waals surface area contributed by atoms with Crippen molar-refractivity contribution in [1.29, 1.82) is 0 Å². The van der Waals surface area contributed by atoms with Crippen LogP contribution < -0.4 is 9.47 Å². The number of esters is 2. The summed E-state index contributed by atoms with van der Waals surface area (Å²) in [7, 11) is 0. The van der Waals surface area contributed by atoms with Crippen molar-refractivity contribution in [3.05, 3.63) is 60.9 Å². The lowest BCUT2D eigenvalue weighted by molar-refractivity contribution is -0.129. The van der Waals surface area contributed by atoms with Crippen LogP contribution in [-0.4, -0.2) is 11.9 Å². The van der Waals surface area contributed by atoms with Gasteiger partial charge in [0, 0.05) is 23.6 Å². The van der Waals surface area contributed by atoms with Crippen molar-refractivity contribution < 1.29 is 23.5 Å². The van der Waals surface area contributed by atoms with Crippen LogP contribution in [0.4, 0.5) is 4.39 Å². The zero-order chi connectivity index (χ0) is 16.8. The monoisotopic (exact) mass is 310 g/mol. The fourth-order valence-corrected chi connectivity index (χ4v) is 1.79. The molecular weight excluding hydrogens is 299 g/mol. The zero-order valence-corrected chi connectivity index (χ0v) is 11.9. The standard InChI is InChI=1S/C18H11FO4/c1-3-17(20)22-13-7-5-12(6-8-13)15-10-9-14(11-16(15)19)23-18(21)4-2/h2-3,5-11H,1H2. The van der Waals surface area contributed by atoms with Gasteiger partial charge >= 0.3 is 11.9 Å². The number of benzene rings is 2. The minimum absolute atomic E-state index is 0.0192. The second-order valence-corrected chi connectivity index (χ2v) is 4.33. The number of ether oxygens (including phenoxy) is 2. The van der Waals surface area contributed by atoms with Crippen molar-refractivity contribution >= 4 is 11.9 Å². The molecule has 0 amide bonds. The van der Waals surface area contributed by atoms with Gasteiger partial charge in [-0.15, -0.1) is 6.42 Å². The van der Waals surface area contributed by atoms with Gasteiger partial charge in [0.05, 0.1) is 0 Å². The van der Waals surface area contributed by atoms with E-state index in [0.29, 0.717) is 16.9 Å². The molecule has 0 fully saturated rings. The molecular formula is C18H11FO4. The molecule has 114 valence electrons. The third kappa shape index (κ3) is 4.05. The molecule has 0 aliphatic rings. The molecule has 0 saturated heterocycles. The Bertz CT molecular complexity index is 801. The second-order valence-electron chi connectivity index (χ2n) is 4.33. The fraction of sp³-hybridized carbons (Fsp3) is 0. The molecule has 0 atom stereocenters. The molecule has 0 N–H and O–H groups in total. The summed E-state index contributed by atoms with van der Waals surface area (Å²) in [5.74, 6) is 0.0530. The van der Waals surface area contributed by atoms with Crippen LogP contribution in [0.3, 0.4) is 0 Å². The predicted octanol–water partition coefficient (Wildman–Crippen LogP) is 3.12. The van der Waals surface area contributed by atoms with Crippen LogP contribution in [0, 0.1) is 18.2 Å². The normalized spacial score (nSPS) is 9.57. The summed E-state index contributed by atoms with van der Waals surface area (Å²) in [6, 6.07) is 10.2. The fourth-order valence-electron chi connectivity index (χ4n) is 1.79. The van der Waals surface area contributed by atoms with E-state index >= 15 is 0 Å². The molecule has 0 radical (unpaired) electrons. The maximum absolute atomic E-state index is 14.1. The lowest BCUT2D eigenvalue weighted by Crippen LogP contribution is -2.04. The topological polar surface area (TPSA) is 52.6 Å². The Morgan fingerprint density at radius 1 is 1.09 bits per heavy atom. The van der Waals surface area contributed by atoms with E-state index in [4.69, 9.17) is 15.9 Å². The van der Waals surface area contributed by atoms with Crippen molar-refractivity contribution in [2.45, 2.75) is 0 Å². The molecule has 0 aliphatic heterocycles. The maximum atomic E-state index is 14.1. The van der Waals surface area contributed by atoms with Crippen LogP contribution in [-0.2, 0) is 9.59 Å². The summed E-state index contributed by atoms with van der Waals surface area (Å²) in [5, 5.41) is 0. The van der Waals surface area contributed by atoms with Crippen molar-refractivity contribution in [3.63, 3.8) is 0 Å². The average molecular weight is 310 g/mol. The number of hydrogen-bond acceptors (Lipinski definition) is 4. The SMILES string of the molecule is C#CC(=O)Oc1ccc(-c2ccc(OC(=O)C=C)cc2)c(F)c1. The highest BCUT2D eigenvalue weighted by Crippen LogP contribution is 2.28. The van der Waals surface area contributed by atoms with Gasteiger partial charge in [0.2, 0.25) is 0 Å². The molecule has 5 heteroatoms. The second kappa shape index (κ2) is 7.05. The van der Waals surface area contributed by atoms with Crippen LogP contribution in [0.2, 0.25) is 0 Å². The van der Waals surface area contributed by atoms with Crippen LogP contribution >= 0.6 is 0 Å². The van der Waals surface area contributed by atoms with Crippen LogP contribution in [0.5, 0.6) is 11.5 Å². The summed E-state index contributed by atoms with van der Waals surface area (Å²) < 4.78 is 23.8. The van der Waals surface area contributed by atoms with Gasteiger partial charge in [-0.1, -0.05) is 18.7 Å². The number of rotatable bonds is 4. The quantitative estimate of drug-likeness (QED) is 0.286. The van der Waals surface area contributed by atoms with E-state index in [9.17, 15) is 14.0 Å². The van der Waals surface area contributed by atoms with Crippen LogP contribution in [0.25, 0.3) is 11.1 Å². The Morgan fingerprint density at radius 3 is 2.30 bits per heavy atom. The molecule has 0 unspecified atom stereocenters. The molecule has 0 aliphatic carbocycles. The highest BCUT2D eigenvalue weighted by molar-refractivity contribution is 5.89. The van der Waals surface area contributed by atoms with Gasteiger partial charge < -0.3 is 9.47 Å². The van der Waals surface area contributed by atoms with E-state index in [2.05, 4.69) is 6.58 Å². The Labute approximate surface area is 132 Å². The van der Waals surface area contributed by atoms with Crippen molar-refractivity contribution in [2.24, 2.45) is 0 Å². The highest BCUT2D eigenvalue weighted by atomic mass is 19.1. The average Bonchev–Trinajstić information content (AvgIpc) is 2.55. The predicted molar refractivity (Wildman–Crippen MR) is 82.1 cm³/mol. The molecule has 0 saturated carbocycles. The Kier molecular flexibility index (Phi) is 4.90. The summed E-state index contributed by atoms with van der Waals surface area (Å²) in [6.45, 7) is 3.30. The number of hydrogen-bond donors (Lipinski definition) is 0. The van der Waals surface area contributed by atoms with E-state index in [1.807, 2.05) is 0 Å². The first-order valence-corrected chi connectivity index (χ1v) is 6.46. The first kappa shape index (κ1) is 16.0. The smallest absolute Gasteiger partial charge is 0.389 e. The molecule has 2 aromatic rings. The third-order valence-electron chi connectivity index (χ3n) is 2.82. The lowest BCUT2D eigenvalue weighted by Gasteiger charge is -2.07. The Balaban J connectivity index is 2.22. The maximum Gasteiger partial charge on any atom is 0.389 e. The van der Waals surface area contributed by atoms with Crippen molar-refractivity contribution in [3.8, 4) is 35.0 Å². The minimum Gasteiger partial charge on any atom is -0.423 e. The van der Waals surface area contributed by atoms with E-state index in [0.717, 1.165) is 12.1 Å². The number of carbonyl (C=O) groups excluding carboxylic acids is 2. The lowest BCUT2D eigenvalue weighted by atomic mass is 10.0. The molecule has 4 nitrogen and oxygen atoms in total. The summed E-state index contributed by atoms with van der Waals surface area (Å²) >= 11 is 0. The van der Waals surface area contributed by atoms with Crippen molar-refractivity contribution in [2.75, 3.05) is 0 Å². The van der Waals surface area contributed by atoms with Crippen LogP contribution in [0.15, 0.2) is 55.1 Å². The summed E-state index contributed by atoms with van der Waals surface area (Å²) in [5.41, 5.74) is 0.864. The number of carbonyl (C=O) groups is 2. The largest absolute Gasteiger partial charge is 0.423 e. The molecule has 0 aromatic heterocycles. The molecule has 2 rings (SSSR count). The molecule has 23 heavy (non-hydrogen) atoms. The van der Waals surface area contributed by atoms with Gasteiger partial charge in [-0.3, -0.25) is 0 Å². The molecule has 2 aromatic carbocycles. The first-order valence-electron chi connectivity index (χ1n) is 6.46. The van der Waals surface area contributed by atoms with Gasteiger partial charge in [0.15, 0.2) is 0 Å². The highest BCUT2D eigenvalue weighted by Gasteiger charge is 2.09. The van der Waals surface area contributed by atoms with E-state index in [1.54, 1.807) is 18.1 Å². The van der Waals surface area contributed by atoms with Gasteiger partial charge in [0.25, 0.3) is 0 Å². The summed E-state index contributed by atoms with van der Waals surface area (Å²) in [6.07, 6.45) is 5.92. The van der Waals surface area contributed by atoms with E-state index in [-0.39, 0.29) is 5.75 Å². The van der Waals surface area contributed by atoms with Gasteiger partial charge in [-0.05, 0) is 29.8 Å². The number of terminal acetylenes is 1.